The Kier molecular flexibility index (Phi) is 4.38. The first-order valence-electron chi connectivity index (χ1n) is 7.03. The van der Waals surface area contributed by atoms with Crippen LogP contribution in [0.4, 0.5) is 0 Å². The number of hydrogen-bond acceptors (Lipinski definition) is 4. The van der Waals surface area contributed by atoms with Gasteiger partial charge in [-0.3, -0.25) is 9.48 Å². The van der Waals surface area contributed by atoms with Gasteiger partial charge in [-0.05, 0) is 32.6 Å². The van der Waals surface area contributed by atoms with E-state index >= 15 is 0 Å². The van der Waals surface area contributed by atoms with Gasteiger partial charge in [0.25, 0.3) is 0 Å². The molecule has 1 N–H and O–H groups in total. The van der Waals surface area contributed by atoms with Gasteiger partial charge in [0.05, 0.1) is 11.4 Å². The molecule has 0 amide bonds. The van der Waals surface area contributed by atoms with Crippen molar-refractivity contribution in [2.24, 2.45) is 5.92 Å². The van der Waals surface area contributed by atoms with Crippen LogP contribution >= 0.6 is 0 Å². The van der Waals surface area contributed by atoms with Gasteiger partial charge in [-0.25, -0.2) is 8.42 Å². The van der Waals surface area contributed by atoms with E-state index < -0.39 is 16.0 Å². The van der Waals surface area contributed by atoms with Crippen LogP contribution in [0.15, 0.2) is 4.90 Å². The summed E-state index contributed by atoms with van der Waals surface area (Å²) in [5.41, 5.74) is 0.729. The van der Waals surface area contributed by atoms with E-state index in [1.165, 1.54) is 8.99 Å². The van der Waals surface area contributed by atoms with Gasteiger partial charge in [0.1, 0.15) is 11.4 Å². The van der Waals surface area contributed by atoms with Gasteiger partial charge in [-0.1, -0.05) is 6.92 Å². The number of nitrogens with zero attached hydrogens (tertiary/aromatic N) is 3. The summed E-state index contributed by atoms with van der Waals surface area (Å²) in [6.07, 6.45) is 2.14. The Morgan fingerprint density at radius 3 is 2.52 bits per heavy atom. The van der Waals surface area contributed by atoms with Crippen molar-refractivity contribution in [3.8, 4) is 0 Å². The van der Waals surface area contributed by atoms with Crippen molar-refractivity contribution >= 4 is 16.0 Å². The largest absolute Gasteiger partial charge is 0.480 e. The molecule has 0 radical (unpaired) electrons. The molecule has 0 aliphatic heterocycles. The maximum atomic E-state index is 12.8. The molecule has 7 nitrogen and oxygen atoms in total. The summed E-state index contributed by atoms with van der Waals surface area (Å²) in [4.78, 5) is 11.0. The summed E-state index contributed by atoms with van der Waals surface area (Å²) < 4.78 is 28.3. The number of aryl methyl sites for hydroxylation is 1. The predicted octanol–water partition coefficient (Wildman–Crippen LogP) is 1.01. The Balaban J connectivity index is 2.38. The van der Waals surface area contributed by atoms with Crippen LogP contribution in [0.2, 0.25) is 0 Å². The molecule has 1 aliphatic carbocycles. The monoisotopic (exact) mass is 315 g/mol. The summed E-state index contributed by atoms with van der Waals surface area (Å²) in [5, 5.41) is 12.9. The van der Waals surface area contributed by atoms with Crippen LogP contribution in [0.1, 0.15) is 31.2 Å². The molecule has 0 saturated heterocycles. The Bertz CT molecular complexity index is 647. The minimum Gasteiger partial charge on any atom is -0.480 e. The Morgan fingerprint density at radius 1 is 1.43 bits per heavy atom. The zero-order valence-electron chi connectivity index (χ0n) is 12.5. The number of carbonyl (C=O) groups is 1. The number of carboxylic acid groups (broad SMARTS) is 1. The summed E-state index contributed by atoms with van der Waals surface area (Å²) >= 11 is 0. The summed E-state index contributed by atoms with van der Waals surface area (Å²) in [5.74, 6) is -0.593. The third-order valence-electron chi connectivity index (χ3n) is 3.71. The maximum absolute atomic E-state index is 12.8. The quantitative estimate of drug-likeness (QED) is 0.810. The van der Waals surface area contributed by atoms with Gasteiger partial charge in [0.2, 0.25) is 10.0 Å². The average Bonchev–Trinajstić information content (AvgIpc) is 3.13. The molecular weight excluding hydrogens is 294 g/mol. The first kappa shape index (κ1) is 16.0. The van der Waals surface area contributed by atoms with Crippen molar-refractivity contribution in [1.82, 2.24) is 14.1 Å². The highest BCUT2D eigenvalue weighted by molar-refractivity contribution is 7.89. The second kappa shape index (κ2) is 5.76. The van der Waals surface area contributed by atoms with Crippen LogP contribution in [-0.2, 0) is 21.4 Å². The normalized spacial score (nSPS) is 15.6. The van der Waals surface area contributed by atoms with Gasteiger partial charge in [-0.2, -0.15) is 9.40 Å². The van der Waals surface area contributed by atoms with Gasteiger partial charge >= 0.3 is 5.97 Å². The average molecular weight is 315 g/mol. The van der Waals surface area contributed by atoms with Crippen molar-refractivity contribution in [2.45, 2.75) is 45.1 Å². The molecular formula is C13H21N3O4S. The Morgan fingerprint density at radius 2 is 2.05 bits per heavy atom. The molecule has 8 heteroatoms. The van der Waals surface area contributed by atoms with Crippen LogP contribution in [0.5, 0.6) is 0 Å². The van der Waals surface area contributed by atoms with Crippen LogP contribution in [-0.4, -0.2) is 46.7 Å². The van der Waals surface area contributed by atoms with Crippen LogP contribution in [0, 0.1) is 19.8 Å². The number of sulfonamides is 1. The number of rotatable bonds is 7. The number of carboxylic acids is 1. The molecule has 1 aliphatic rings. The first-order valence-corrected chi connectivity index (χ1v) is 8.47. The molecule has 0 atom stereocenters. The van der Waals surface area contributed by atoms with Crippen molar-refractivity contribution in [1.29, 1.82) is 0 Å². The van der Waals surface area contributed by atoms with E-state index in [0.717, 1.165) is 12.8 Å². The van der Waals surface area contributed by atoms with E-state index in [-0.39, 0.29) is 11.4 Å². The van der Waals surface area contributed by atoms with Crippen molar-refractivity contribution in [3.05, 3.63) is 11.4 Å². The molecule has 1 heterocycles. The Hall–Kier alpha value is -1.41. The summed E-state index contributed by atoms with van der Waals surface area (Å²) in [6, 6.07) is 0. The number of aliphatic carboxylic acids is 1. The van der Waals surface area contributed by atoms with E-state index in [4.69, 9.17) is 5.11 Å². The van der Waals surface area contributed by atoms with Crippen molar-refractivity contribution in [2.75, 3.05) is 13.1 Å². The van der Waals surface area contributed by atoms with Crippen molar-refractivity contribution in [3.63, 3.8) is 0 Å². The minimum absolute atomic E-state index is 0.145. The van der Waals surface area contributed by atoms with Gasteiger partial charge in [0.15, 0.2) is 0 Å². The Labute approximate surface area is 124 Å². The van der Waals surface area contributed by atoms with Gasteiger partial charge in [-0.15, -0.1) is 0 Å². The van der Waals surface area contributed by atoms with Gasteiger partial charge < -0.3 is 5.11 Å². The molecule has 0 bridgehead atoms. The van der Waals surface area contributed by atoms with Crippen molar-refractivity contribution < 1.29 is 18.3 Å². The van der Waals surface area contributed by atoms with Gasteiger partial charge in [0, 0.05) is 13.1 Å². The molecule has 21 heavy (non-hydrogen) atoms. The third-order valence-corrected chi connectivity index (χ3v) is 5.90. The lowest BCUT2D eigenvalue weighted by Gasteiger charge is -2.20. The van der Waals surface area contributed by atoms with E-state index in [9.17, 15) is 13.2 Å². The first-order chi connectivity index (χ1) is 9.77. The molecule has 1 fully saturated rings. The second-order valence-corrected chi connectivity index (χ2v) is 7.33. The van der Waals surface area contributed by atoms with Crippen LogP contribution < -0.4 is 0 Å². The fourth-order valence-electron chi connectivity index (χ4n) is 2.45. The lowest BCUT2D eigenvalue weighted by molar-refractivity contribution is -0.137. The SMILES string of the molecule is CCN(CC1CC1)S(=O)(=O)c1c(C)nn(CC(=O)O)c1C. The molecule has 0 aromatic carbocycles. The molecule has 1 aromatic heterocycles. The molecule has 1 aromatic rings. The molecule has 118 valence electrons. The minimum atomic E-state index is -3.63. The molecule has 0 unspecified atom stereocenters. The summed E-state index contributed by atoms with van der Waals surface area (Å²) in [6.45, 7) is 5.61. The number of hydrogen-bond donors (Lipinski definition) is 1. The summed E-state index contributed by atoms with van der Waals surface area (Å²) in [7, 11) is -3.63. The van der Waals surface area contributed by atoms with E-state index in [1.807, 2.05) is 6.92 Å². The zero-order chi connectivity index (χ0) is 15.8. The fraction of sp³-hybridized carbons (Fsp3) is 0.692. The van der Waals surface area contributed by atoms with E-state index in [1.54, 1.807) is 13.8 Å². The smallest absolute Gasteiger partial charge is 0.325 e. The topological polar surface area (TPSA) is 92.5 Å². The highest BCUT2D eigenvalue weighted by Crippen LogP contribution is 2.32. The van der Waals surface area contributed by atoms with E-state index in [2.05, 4.69) is 5.10 Å². The lowest BCUT2D eigenvalue weighted by atomic mass is 10.4. The second-order valence-electron chi connectivity index (χ2n) is 5.45. The molecule has 2 rings (SSSR count). The predicted molar refractivity (Wildman–Crippen MR) is 76.5 cm³/mol. The zero-order valence-corrected chi connectivity index (χ0v) is 13.4. The van der Waals surface area contributed by atoms with E-state index in [0.29, 0.717) is 30.4 Å². The molecule has 1 saturated carbocycles. The van der Waals surface area contributed by atoms with Crippen LogP contribution in [0.3, 0.4) is 0 Å². The lowest BCUT2D eigenvalue weighted by Crippen LogP contribution is -2.33. The van der Waals surface area contributed by atoms with Crippen LogP contribution in [0.25, 0.3) is 0 Å². The highest BCUT2D eigenvalue weighted by atomic mass is 32.2. The third kappa shape index (κ3) is 3.26. The standard InChI is InChI=1S/C13H21N3O4S/c1-4-15(7-11-5-6-11)21(19,20)13-9(2)14-16(10(13)3)8-12(17)18/h11H,4-8H2,1-3H3,(H,17,18). The highest BCUT2D eigenvalue weighted by Gasteiger charge is 2.34. The molecule has 0 spiro atoms. The fourth-order valence-corrected chi connectivity index (χ4v) is 4.35. The maximum Gasteiger partial charge on any atom is 0.325 e. The number of aromatic nitrogens is 2.